The van der Waals surface area contributed by atoms with Crippen molar-refractivity contribution in [2.24, 2.45) is 0 Å². The zero-order valence-electron chi connectivity index (χ0n) is 31.8. The molecule has 0 amide bonds. The Balaban J connectivity index is 1.21. The zero-order chi connectivity index (χ0) is 39.4. The van der Waals surface area contributed by atoms with Crippen LogP contribution in [-0.4, -0.2) is 50.8 Å². The fourth-order valence-corrected chi connectivity index (χ4v) is 8.75. The molecule has 1 aliphatic heterocycles. The van der Waals surface area contributed by atoms with E-state index < -0.39 is 35.8 Å². The van der Waals surface area contributed by atoms with Crippen molar-refractivity contribution >= 4 is 22.9 Å². The summed E-state index contributed by atoms with van der Waals surface area (Å²) < 4.78 is 41.4. The molecule has 0 bridgehead atoms. The smallest absolute Gasteiger partial charge is 0.174 e. The largest absolute Gasteiger partial charge is 0.358 e. The number of ether oxygens (including phenoxy) is 3. The second kappa shape index (κ2) is 16.5. The molecule has 0 saturated carbocycles. The number of nitrogens with zero attached hydrogens (tertiary/aromatic N) is 4. The van der Waals surface area contributed by atoms with Gasteiger partial charge in [0.2, 0.25) is 0 Å². The van der Waals surface area contributed by atoms with E-state index in [0.717, 1.165) is 33.4 Å². The summed E-state index contributed by atoms with van der Waals surface area (Å²) in [4.78, 5) is 13.6. The van der Waals surface area contributed by atoms with Gasteiger partial charge in [0, 0.05) is 0 Å². The lowest BCUT2D eigenvalue weighted by molar-refractivity contribution is -0.128. The number of benzene rings is 6. The van der Waals surface area contributed by atoms with Crippen molar-refractivity contribution in [1.29, 1.82) is 0 Å². The molecule has 8 aromatic rings. The molecule has 6 aromatic carbocycles. The van der Waals surface area contributed by atoms with Gasteiger partial charge >= 0.3 is 0 Å². The van der Waals surface area contributed by atoms with Gasteiger partial charge in [-0.05, 0) is 39.6 Å². The second-order valence-electron chi connectivity index (χ2n) is 14.2. The lowest BCUT2D eigenvalue weighted by atomic mass is 9.79. The van der Waals surface area contributed by atoms with Crippen molar-refractivity contribution in [2.45, 2.75) is 40.8 Å². The molecule has 3 heterocycles. The number of aromatic nitrogens is 4. The highest BCUT2D eigenvalue weighted by molar-refractivity contribution is 7.98. The fraction of sp³-hybridized carbons (Fsp3) is 0.163. The lowest BCUT2D eigenvalue weighted by Gasteiger charge is -2.40. The lowest BCUT2D eigenvalue weighted by Crippen LogP contribution is -2.45. The maximum Gasteiger partial charge on any atom is 0.174 e. The first-order valence-corrected chi connectivity index (χ1v) is 20.5. The van der Waals surface area contributed by atoms with Crippen LogP contribution in [0, 0.1) is 0 Å². The summed E-state index contributed by atoms with van der Waals surface area (Å²) in [6, 6.07) is 60.4. The van der Waals surface area contributed by atoms with Crippen LogP contribution in [0.15, 0.2) is 200 Å². The van der Waals surface area contributed by atoms with Crippen molar-refractivity contribution in [2.75, 3.05) is 12.9 Å². The van der Waals surface area contributed by atoms with Gasteiger partial charge in [-0.2, -0.15) is 0 Å². The first-order chi connectivity index (χ1) is 28.6. The van der Waals surface area contributed by atoms with E-state index in [0.29, 0.717) is 16.2 Å². The average Bonchev–Trinajstić information content (AvgIpc) is 3.87. The van der Waals surface area contributed by atoms with Gasteiger partial charge in [-0.3, -0.25) is 4.57 Å². The highest BCUT2D eigenvalue weighted by Gasteiger charge is 2.53. The molecule has 7 nitrogen and oxygen atoms in total. The van der Waals surface area contributed by atoms with Crippen molar-refractivity contribution in [1.82, 2.24) is 19.5 Å². The molecule has 0 spiro atoms. The SMILES string of the molecule is CSc1ncnc2c1ncn2[C@@H]1O[C@H](COC(c2ccccc2)(c2ccccc2)c2ccccc2)[C@@H](OC(c2ccccc2)(c2ccccc2)c2ccccc2)[C@H]1F. The van der Waals surface area contributed by atoms with E-state index in [2.05, 4.69) is 51.4 Å². The molecular weight excluding hydrogens is 744 g/mol. The Hall–Kier alpha value is -5.97. The van der Waals surface area contributed by atoms with Gasteiger partial charge in [0.25, 0.3) is 0 Å². The Morgan fingerprint density at radius 2 is 1.00 bits per heavy atom. The number of halogens is 1. The van der Waals surface area contributed by atoms with E-state index in [1.165, 1.54) is 18.1 Å². The Bertz CT molecular complexity index is 2360. The molecule has 4 atom stereocenters. The fourth-order valence-electron chi connectivity index (χ4n) is 8.26. The molecule has 0 unspecified atom stereocenters. The molecular formula is C49H41FN4O3S. The van der Waals surface area contributed by atoms with Gasteiger partial charge in [-0.25, -0.2) is 19.3 Å². The van der Waals surface area contributed by atoms with Crippen LogP contribution in [0.5, 0.6) is 0 Å². The third-order valence-electron chi connectivity index (χ3n) is 10.9. The monoisotopic (exact) mass is 784 g/mol. The van der Waals surface area contributed by atoms with E-state index >= 15 is 4.39 Å². The highest BCUT2D eigenvalue weighted by atomic mass is 32.2. The van der Waals surface area contributed by atoms with E-state index in [1.807, 2.05) is 152 Å². The first kappa shape index (κ1) is 37.6. The van der Waals surface area contributed by atoms with Crippen molar-refractivity contribution in [3.63, 3.8) is 0 Å². The molecule has 2 aromatic heterocycles. The molecule has 288 valence electrons. The Kier molecular flexibility index (Phi) is 10.7. The number of thioether (sulfide) groups is 1. The number of rotatable bonds is 13. The topological polar surface area (TPSA) is 71.3 Å². The van der Waals surface area contributed by atoms with Gasteiger partial charge in [-0.1, -0.05) is 182 Å². The number of alkyl halides is 1. The van der Waals surface area contributed by atoms with Crippen LogP contribution in [-0.2, 0) is 25.4 Å². The first-order valence-electron chi connectivity index (χ1n) is 19.3. The van der Waals surface area contributed by atoms with E-state index in [9.17, 15) is 0 Å². The number of fused-ring (bicyclic) bond motifs is 1. The van der Waals surface area contributed by atoms with E-state index in [4.69, 9.17) is 14.2 Å². The molecule has 1 fully saturated rings. The van der Waals surface area contributed by atoms with Crippen molar-refractivity contribution < 1.29 is 18.6 Å². The molecule has 9 rings (SSSR count). The normalized spacial score (nSPS) is 18.4. The van der Waals surface area contributed by atoms with Crippen molar-refractivity contribution in [3.8, 4) is 0 Å². The van der Waals surface area contributed by atoms with Crippen molar-refractivity contribution in [3.05, 3.63) is 228 Å². The molecule has 58 heavy (non-hydrogen) atoms. The summed E-state index contributed by atoms with van der Waals surface area (Å²) in [6.07, 6.45) is 0.0911. The number of imidazole rings is 1. The Labute approximate surface area is 341 Å². The zero-order valence-corrected chi connectivity index (χ0v) is 32.6. The molecule has 9 heteroatoms. The summed E-state index contributed by atoms with van der Waals surface area (Å²) >= 11 is 1.46. The molecule has 0 radical (unpaired) electrons. The quantitative estimate of drug-likeness (QED) is 0.0655. The average molecular weight is 785 g/mol. The van der Waals surface area contributed by atoms with Gasteiger partial charge in [0.15, 0.2) is 18.0 Å². The summed E-state index contributed by atoms with van der Waals surface area (Å²) in [5.74, 6) is 0. The van der Waals surface area contributed by atoms with Gasteiger partial charge < -0.3 is 14.2 Å². The minimum atomic E-state index is -1.69. The molecule has 0 aliphatic carbocycles. The standard InChI is InChI=1S/C49H41FN4O3S/c1-58-46-43-45(51-33-52-46)54(34-53-43)47-42(50)44(57-49(38-26-14-5-15-27-38,39-28-16-6-17-29-39)40-30-18-7-19-31-40)41(56-47)32-55-48(35-20-8-2-9-21-35,36-22-10-3-11-23-36)37-24-12-4-13-25-37/h2-31,33-34,41-42,44,47H,32H2,1H3/t41-,42-,44-,47-/m1/s1. The van der Waals surface area contributed by atoms with Crippen LogP contribution < -0.4 is 0 Å². The minimum Gasteiger partial charge on any atom is -0.358 e. The molecule has 0 N–H and O–H groups in total. The van der Waals surface area contributed by atoms with Crippen LogP contribution in [0.1, 0.15) is 39.6 Å². The van der Waals surface area contributed by atoms with E-state index in [-0.39, 0.29) is 6.61 Å². The molecule has 1 saturated heterocycles. The molecule has 1 aliphatic rings. The maximum atomic E-state index is 18.0. The maximum absolute atomic E-state index is 18.0. The van der Waals surface area contributed by atoms with Crippen LogP contribution in [0.25, 0.3) is 11.2 Å². The van der Waals surface area contributed by atoms with Crippen LogP contribution in [0.3, 0.4) is 0 Å². The summed E-state index contributed by atoms with van der Waals surface area (Å²) in [5.41, 5.74) is 4.03. The van der Waals surface area contributed by atoms with Crippen LogP contribution >= 0.6 is 11.8 Å². The van der Waals surface area contributed by atoms with E-state index in [1.54, 1.807) is 10.9 Å². The second-order valence-corrected chi connectivity index (χ2v) is 15.0. The minimum absolute atomic E-state index is 0.0353. The Morgan fingerprint density at radius 1 is 0.586 bits per heavy atom. The predicted molar refractivity (Wildman–Crippen MR) is 225 cm³/mol. The number of hydrogen-bond donors (Lipinski definition) is 0. The third-order valence-corrected chi connectivity index (χ3v) is 11.6. The summed E-state index contributed by atoms with van der Waals surface area (Å²) in [6.45, 7) is -0.0353. The predicted octanol–water partition coefficient (Wildman–Crippen LogP) is 10.2. The third kappa shape index (κ3) is 6.69. The van der Waals surface area contributed by atoms with Gasteiger partial charge in [0.1, 0.15) is 40.3 Å². The van der Waals surface area contributed by atoms with Crippen LogP contribution in [0.4, 0.5) is 4.39 Å². The van der Waals surface area contributed by atoms with Gasteiger partial charge in [0.05, 0.1) is 12.9 Å². The van der Waals surface area contributed by atoms with Gasteiger partial charge in [-0.15, -0.1) is 11.8 Å². The Morgan fingerprint density at radius 3 is 1.41 bits per heavy atom. The van der Waals surface area contributed by atoms with Crippen LogP contribution in [0.2, 0.25) is 0 Å². The summed E-state index contributed by atoms with van der Waals surface area (Å²) in [7, 11) is 0. The highest BCUT2D eigenvalue weighted by Crippen LogP contribution is 2.47. The summed E-state index contributed by atoms with van der Waals surface area (Å²) in [5, 5.41) is 0.694. The number of hydrogen-bond acceptors (Lipinski definition) is 7.